The highest BCUT2D eigenvalue weighted by molar-refractivity contribution is 7.92. The molecule has 0 radical (unpaired) electrons. The molecular formula is C32H39Cl2N3O4S. The highest BCUT2D eigenvalue weighted by atomic mass is 35.5. The van der Waals surface area contributed by atoms with E-state index in [4.69, 9.17) is 23.2 Å². The minimum atomic E-state index is -3.64. The zero-order valence-corrected chi connectivity index (χ0v) is 26.8. The average Bonchev–Trinajstić information content (AvgIpc) is 2.93. The smallest absolute Gasteiger partial charge is 0.243 e. The minimum Gasteiger partial charge on any atom is -0.354 e. The normalized spacial score (nSPS) is 12.2. The number of halogens is 2. The van der Waals surface area contributed by atoms with Crippen LogP contribution in [0.5, 0.6) is 0 Å². The molecule has 42 heavy (non-hydrogen) atoms. The van der Waals surface area contributed by atoms with Crippen LogP contribution < -0.4 is 9.62 Å². The van der Waals surface area contributed by atoms with Gasteiger partial charge in [-0.3, -0.25) is 13.9 Å². The molecule has 0 unspecified atom stereocenters. The molecule has 0 saturated carbocycles. The summed E-state index contributed by atoms with van der Waals surface area (Å²) >= 11 is 12.5. The lowest BCUT2D eigenvalue weighted by Gasteiger charge is -2.32. The maximum Gasteiger partial charge on any atom is 0.243 e. The van der Waals surface area contributed by atoms with Crippen molar-refractivity contribution in [1.29, 1.82) is 0 Å². The van der Waals surface area contributed by atoms with Crippen LogP contribution in [0.4, 0.5) is 5.69 Å². The van der Waals surface area contributed by atoms with E-state index in [0.29, 0.717) is 34.3 Å². The Kier molecular flexibility index (Phi) is 12.3. The Morgan fingerprint density at radius 3 is 2.24 bits per heavy atom. The van der Waals surface area contributed by atoms with Gasteiger partial charge in [-0.15, -0.1) is 0 Å². The number of carbonyl (C=O) groups is 2. The van der Waals surface area contributed by atoms with Crippen LogP contribution >= 0.6 is 23.2 Å². The van der Waals surface area contributed by atoms with Crippen molar-refractivity contribution in [3.63, 3.8) is 0 Å². The molecule has 10 heteroatoms. The molecule has 0 bridgehead atoms. The lowest BCUT2D eigenvalue weighted by Crippen LogP contribution is -2.51. The molecule has 0 aliphatic rings. The molecule has 1 N–H and O–H groups in total. The molecule has 3 aromatic carbocycles. The van der Waals surface area contributed by atoms with Crippen molar-refractivity contribution in [2.45, 2.75) is 52.6 Å². The summed E-state index contributed by atoms with van der Waals surface area (Å²) in [5.41, 5.74) is 2.83. The van der Waals surface area contributed by atoms with E-state index in [2.05, 4.69) is 5.32 Å². The van der Waals surface area contributed by atoms with Crippen LogP contribution in [0, 0.1) is 12.8 Å². The number of amides is 2. The van der Waals surface area contributed by atoms with Crippen molar-refractivity contribution in [1.82, 2.24) is 10.2 Å². The Morgan fingerprint density at radius 1 is 0.929 bits per heavy atom. The summed E-state index contributed by atoms with van der Waals surface area (Å²) < 4.78 is 26.7. The van der Waals surface area contributed by atoms with E-state index in [-0.39, 0.29) is 43.7 Å². The van der Waals surface area contributed by atoms with Gasteiger partial charge in [-0.2, -0.15) is 0 Å². The van der Waals surface area contributed by atoms with E-state index >= 15 is 0 Å². The Hall–Kier alpha value is -3.07. The lowest BCUT2D eigenvalue weighted by molar-refractivity contribution is -0.141. The first kappa shape index (κ1) is 33.4. The highest BCUT2D eigenvalue weighted by Crippen LogP contribution is 2.28. The van der Waals surface area contributed by atoms with Gasteiger partial charge in [0.2, 0.25) is 21.8 Å². The van der Waals surface area contributed by atoms with Gasteiger partial charge < -0.3 is 10.2 Å². The largest absolute Gasteiger partial charge is 0.354 e. The number of nitrogens with zero attached hydrogens (tertiary/aromatic N) is 2. The summed E-state index contributed by atoms with van der Waals surface area (Å²) in [6.07, 6.45) is 1.74. The van der Waals surface area contributed by atoms with Crippen LogP contribution in [-0.4, -0.2) is 50.5 Å². The van der Waals surface area contributed by atoms with E-state index in [1.165, 1.54) is 4.31 Å². The molecule has 7 nitrogen and oxygen atoms in total. The highest BCUT2D eigenvalue weighted by Gasteiger charge is 2.31. The van der Waals surface area contributed by atoms with Gasteiger partial charge >= 0.3 is 0 Å². The van der Waals surface area contributed by atoms with Crippen LogP contribution in [0.1, 0.15) is 43.4 Å². The van der Waals surface area contributed by atoms with E-state index in [1.807, 2.05) is 56.3 Å². The van der Waals surface area contributed by atoms with Crippen molar-refractivity contribution in [2.75, 3.05) is 23.7 Å². The van der Waals surface area contributed by atoms with E-state index in [0.717, 1.165) is 17.4 Å². The third-order valence-electron chi connectivity index (χ3n) is 6.86. The second-order valence-corrected chi connectivity index (χ2v) is 13.6. The monoisotopic (exact) mass is 631 g/mol. The number of hydrogen-bond acceptors (Lipinski definition) is 4. The quantitative estimate of drug-likeness (QED) is 0.227. The van der Waals surface area contributed by atoms with Crippen molar-refractivity contribution in [3.8, 4) is 0 Å². The standard InChI is InChI=1S/C32H39Cl2N3O4S/c1-23(2)21-35-32(39)30(20-25-11-6-5-7-12-25)36(22-26-13-8-14-27(33)19-26)31(38)17-10-18-37(42(4,40)41)29-16-9-15-28(34)24(29)3/h5-9,11-16,19,23,30H,10,17-18,20-22H2,1-4H3,(H,35,39)/t30-/m1/s1. The molecule has 0 saturated heterocycles. The third kappa shape index (κ3) is 9.75. The number of carbonyl (C=O) groups excluding carboxylic acids is 2. The Bertz CT molecular complexity index is 1470. The van der Waals surface area contributed by atoms with Gasteiger partial charge in [0.1, 0.15) is 6.04 Å². The molecule has 3 aromatic rings. The number of benzene rings is 3. The fourth-order valence-electron chi connectivity index (χ4n) is 4.66. The van der Waals surface area contributed by atoms with Crippen LogP contribution in [0.2, 0.25) is 10.0 Å². The molecule has 1 atom stereocenters. The van der Waals surface area contributed by atoms with Gasteiger partial charge in [0.05, 0.1) is 11.9 Å². The van der Waals surface area contributed by atoms with Crippen LogP contribution in [0.25, 0.3) is 0 Å². The van der Waals surface area contributed by atoms with Crippen LogP contribution in [-0.2, 0) is 32.6 Å². The first-order chi connectivity index (χ1) is 19.9. The molecule has 0 aromatic heterocycles. The topological polar surface area (TPSA) is 86.8 Å². The second-order valence-electron chi connectivity index (χ2n) is 10.8. The van der Waals surface area contributed by atoms with Gasteiger partial charge in [0.15, 0.2) is 0 Å². The van der Waals surface area contributed by atoms with Gasteiger partial charge in [-0.05, 0) is 60.2 Å². The fourth-order valence-corrected chi connectivity index (χ4v) is 6.06. The number of anilines is 1. The van der Waals surface area contributed by atoms with E-state index < -0.39 is 16.1 Å². The molecule has 0 aliphatic heterocycles. The molecular weight excluding hydrogens is 593 g/mol. The third-order valence-corrected chi connectivity index (χ3v) is 8.68. The molecule has 0 fully saturated rings. The maximum absolute atomic E-state index is 13.9. The SMILES string of the molecule is Cc1c(Cl)cccc1N(CCCC(=O)N(Cc1cccc(Cl)c1)[C@H](Cc1ccccc1)C(=O)NCC(C)C)S(C)(=O)=O. The molecule has 0 heterocycles. The van der Waals surface area contributed by atoms with E-state index in [9.17, 15) is 18.0 Å². The van der Waals surface area contributed by atoms with Gasteiger partial charge in [0, 0.05) is 42.5 Å². The zero-order chi connectivity index (χ0) is 30.9. The van der Waals surface area contributed by atoms with Gasteiger partial charge in [-0.25, -0.2) is 8.42 Å². The van der Waals surface area contributed by atoms with Crippen molar-refractivity contribution >= 4 is 50.7 Å². The lowest BCUT2D eigenvalue weighted by atomic mass is 10.0. The van der Waals surface area contributed by atoms with Gasteiger partial charge in [-0.1, -0.05) is 85.6 Å². The summed E-state index contributed by atoms with van der Waals surface area (Å²) in [5.74, 6) is -0.262. The summed E-state index contributed by atoms with van der Waals surface area (Å²) in [4.78, 5) is 29.1. The number of sulfonamides is 1. The second kappa shape index (κ2) is 15.4. The molecule has 226 valence electrons. The first-order valence-corrected chi connectivity index (χ1v) is 16.6. The summed E-state index contributed by atoms with van der Waals surface area (Å²) in [5, 5.41) is 3.99. The number of rotatable bonds is 14. The molecule has 0 spiro atoms. The predicted octanol–water partition coefficient (Wildman–Crippen LogP) is 6.26. The maximum atomic E-state index is 13.9. The fraction of sp³-hybridized carbons (Fsp3) is 0.375. The van der Waals surface area contributed by atoms with E-state index in [1.54, 1.807) is 42.2 Å². The Labute approximate surface area is 259 Å². The van der Waals surface area contributed by atoms with Crippen molar-refractivity contribution in [2.24, 2.45) is 5.92 Å². The van der Waals surface area contributed by atoms with Crippen LogP contribution in [0.3, 0.4) is 0 Å². The first-order valence-electron chi connectivity index (χ1n) is 13.9. The summed E-state index contributed by atoms with van der Waals surface area (Å²) in [7, 11) is -3.64. The average molecular weight is 633 g/mol. The number of nitrogens with one attached hydrogen (secondary N) is 1. The molecule has 2 amide bonds. The summed E-state index contributed by atoms with van der Waals surface area (Å²) in [6, 6.07) is 21.1. The molecule has 3 rings (SSSR count). The minimum absolute atomic E-state index is 0.0367. The zero-order valence-electron chi connectivity index (χ0n) is 24.5. The number of hydrogen-bond donors (Lipinski definition) is 1. The molecule has 0 aliphatic carbocycles. The van der Waals surface area contributed by atoms with Crippen molar-refractivity contribution in [3.05, 3.63) is 99.5 Å². The van der Waals surface area contributed by atoms with Gasteiger partial charge in [0.25, 0.3) is 0 Å². The summed E-state index contributed by atoms with van der Waals surface area (Å²) in [6.45, 7) is 6.52. The van der Waals surface area contributed by atoms with Crippen molar-refractivity contribution < 1.29 is 18.0 Å². The Balaban J connectivity index is 1.90. The van der Waals surface area contributed by atoms with Crippen LogP contribution in [0.15, 0.2) is 72.8 Å². The Morgan fingerprint density at radius 2 is 1.60 bits per heavy atom. The predicted molar refractivity (Wildman–Crippen MR) is 171 cm³/mol.